The van der Waals surface area contributed by atoms with Crippen molar-refractivity contribution in [3.8, 4) is 0 Å². The molecule has 3 nitrogen and oxygen atoms in total. The molecule has 0 aliphatic carbocycles. The zero-order chi connectivity index (χ0) is 14.0. The Morgan fingerprint density at radius 1 is 1.21 bits per heavy atom. The summed E-state index contributed by atoms with van der Waals surface area (Å²) in [6.07, 6.45) is -2.05. The Morgan fingerprint density at radius 3 is 2.58 bits per heavy atom. The molecule has 19 heavy (non-hydrogen) atoms. The highest BCUT2D eigenvalue weighted by Crippen LogP contribution is 2.28. The largest absolute Gasteiger partial charge is 0.384 e. The molecule has 0 radical (unpaired) electrons. The van der Waals surface area contributed by atoms with Crippen molar-refractivity contribution in [2.24, 2.45) is 0 Å². The van der Waals surface area contributed by atoms with Crippen LogP contribution in [0.5, 0.6) is 0 Å². The molecule has 0 aliphatic heterocycles. The van der Waals surface area contributed by atoms with E-state index in [0.29, 0.717) is 11.1 Å². The van der Waals surface area contributed by atoms with Crippen molar-refractivity contribution in [3.05, 3.63) is 58.8 Å². The van der Waals surface area contributed by atoms with E-state index < -0.39 is 12.5 Å². The summed E-state index contributed by atoms with van der Waals surface area (Å²) in [5.41, 5.74) is 7.21. The molecular weight excluding hydrogens is 250 g/mol. The van der Waals surface area contributed by atoms with Crippen molar-refractivity contribution in [2.45, 2.75) is 19.5 Å². The van der Waals surface area contributed by atoms with Crippen molar-refractivity contribution in [1.29, 1.82) is 0 Å². The number of aliphatic hydroxyl groups excluding tert-OH is 1. The van der Waals surface area contributed by atoms with Crippen LogP contribution in [0.15, 0.2) is 36.5 Å². The van der Waals surface area contributed by atoms with Gasteiger partial charge in [0.15, 0.2) is 0 Å². The predicted octanol–water partition coefficient (Wildman–Crippen LogP) is 2.99. The normalized spacial score (nSPS) is 12.7. The molecule has 100 valence electrons. The number of aliphatic hydroxyl groups is 1. The molecule has 0 aliphatic rings. The fraction of sp³-hybridized carbons (Fsp3) is 0.214. The van der Waals surface area contributed by atoms with Crippen LogP contribution in [0.1, 0.15) is 34.8 Å². The summed E-state index contributed by atoms with van der Waals surface area (Å²) < 4.78 is 25.3. The number of nitrogen functional groups attached to an aromatic ring is 1. The zero-order valence-electron chi connectivity index (χ0n) is 10.3. The third-order valence-corrected chi connectivity index (χ3v) is 2.86. The Morgan fingerprint density at radius 2 is 1.89 bits per heavy atom. The van der Waals surface area contributed by atoms with Crippen molar-refractivity contribution in [3.63, 3.8) is 0 Å². The Bertz CT molecular complexity index is 587. The van der Waals surface area contributed by atoms with Gasteiger partial charge in [0, 0.05) is 17.3 Å². The second-order valence-corrected chi connectivity index (χ2v) is 4.36. The molecule has 1 heterocycles. The maximum absolute atomic E-state index is 12.6. The van der Waals surface area contributed by atoms with E-state index in [0.717, 1.165) is 5.56 Å². The first kappa shape index (κ1) is 13.4. The number of nitrogens with two attached hydrogens (primary N) is 1. The Hall–Kier alpha value is -2.01. The smallest absolute Gasteiger partial charge is 0.263 e. The highest BCUT2D eigenvalue weighted by molar-refractivity contribution is 5.46. The summed E-state index contributed by atoms with van der Waals surface area (Å²) >= 11 is 0. The minimum absolute atomic E-state index is 0.129. The van der Waals surface area contributed by atoms with Crippen LogP contribution in [0.25, 0.3) is 0 Å². The van der Waals surface area contributed by atoms with Crippen LogP contribution in [-0.2, 0) is 0 Å². The van der Waals surface area contributed by atoms with Crippen LogP contribution in [0.2, 0.25) is 0 Å². The van der Waals surface area contributed by atoms with Gasteiger partial charge in [0.1, 0.15) is 11.9 Å². The van der Waals surface area contributed by atoms with Crippen LogP contribution in [0.4, 0.5) is 14.6 Å². The number of hydrogen-bond donors (Lipinski definition) is 2. The van der Waals surface area contributed by atoms with Crippen molar-refractivity contribution in [1.82, 2.24) is 4.98 Å². The van der Waals surface area contributed by atoms with E-state index >= 15 is 0 Å². The third kappa shape index (κ3) is 2.88. The fourth-order valence-electron chi connectivity index (χ4n) is 1.87. The number of anilines is 1. The van der Waals surface area contributed by atoms with Gasteiger partial charge in [-0.05, 0) is 30.2 Å². The summed E-state index contributed by atoms with van der Waals surface area (Å²) in [5, 5.41) is 10.2. The highest BCUT2D eigenvalue weighted by Gasteiger charge is 2.16. The van der Waals surface area contributed by atoms with Crippen LogP contribution in [0.3, 0.4) is 0 Å². The van der Waals surface area contributed by atoms with Crippen LogP contribution in [-0.4, -0.2) is 10.1 Å². The quantitative estimate of drug-likeness (QED) is 0.896. The topological polar surface area (TPSA) is 59.1 Å². The van der Waals surface area contributed by atoms with Gasteiger partial charge in [0.25, 0.3) is 6.43 Å². The van der Waals surface area contributed by atoms with E-state index in [2.05, 4.69) is 4.98 Å². The number of nitrogens with zero attached hydrogens (tertiary/aromatic N) is 1. The molecule has 5 heteroatoms. The van der Waals surface area contributed by atoms with Crippen LogP contribution in [0, 0.1) is 6.92 Å². The predicted molar refractivity (Wildman–Crippen MR) is 68.8 cm³/mol. The lowest BCUT2D eigenvalue weighted by Crippen LogP contribution is -2.06. The van der Waals surface area contributed by atoms with Gasteiger partial charge in [-0.1, -0.05) is 18.2 Å². The number of benzene rings is 1. The maximum Gasteiger partial charge on any atom is 0.263 e. The Kier molecular flexibility index (Phi) is 3.76. The van der Waals surface area contributed by atoms with E-state index in [-0.39, 0.29) is 11.4 Å². The van der Waals surface area contributed by atoms with Gasteiger partial charge in [-0.2, -0.15) is 0 Å². The number of hydrogen-bond acceptors (Lipinski definition) is 3. The van der Waals surface area contributed by atoms with Gasteiger partial charge in [-0.15, -0.1) is 0 Å². The molecule has 0 spiro atoms. The summed E-state index contributed by atoms with van der Waals surface area (Å²) in [4.78, 5) is 3.95. The lowest BCUT2D eigenvalue weighted by atomic mass is 9.99. The molecule has 0 amide bonds. The van der Waals surface area contributed by atoms with E-state index in [1.165, 1.54) is 18.2 Å². The fourth-order valence-corrected chi connectivity index (χ4v) is 1.87. The second-order valence-electron chi connectivity index (χ2n) is 4.36. The first-order valence-electron chi connectivity index (χ1n) is 5.77. The minimum atomic E-state index is -2.57. The lowest BCUT2D eigenvalue weighted by Gasteiger charge is -2.14. The van der Waals surface area contributed by atoms with Crippen molar-refractivity contribution in [2.75, 3.05) is 5.73 Å². The lowest BCUT2D eigenvalue weighted by molar-refractivity contribution is 0.150. The molecule has 0 fully saturated rings. The van der Waals surface area contributed by atoms with Gasteiger partial charge in [0.05, 0.1) is 0 Å². The van der Waals surface area contributed by atoms with Gasteiger partial charge >= 0.3 is 0 Å². The van der Waals surface area contributed by atoms with E-state index in [1.807, 2.05) is 6.92 Å². The molecule has 1 atom stereocenters. The molecular formula is C14H14F2N2O. The summed E-state index contributed by atoms with van der Waals surface area (Å²) in [5.74, 6) is 0.195. The van der Waals surface area contributed by atoms with E-state index in [1.54, 1.807) is 18.3 Å². The third-order valence-electron chi connectivity index (χ3n) is 2.86. The molecule has 2 aromatic rings. The molecule has 0 saturated heterocycles. The summed E-state index contributed by atoms with van der Waals surface area (Å²) in [6, 6.07) is 7.36. The summed E-state index contributed by atoms with van der Waals surface area (Å²) in [7, 11) is 0. The number of rotatable bonds is 3. The molecule has 0 bridgehead atoms. The zero-order valence-corrected chi connectivity index (χ0v) is 10.3. The van der Waals surface area contributed by atoms with Gasteiger partial charge in [0.2, 0.25) is 0 Å². The molecule has 1 aromatic heterocycles. The molecule has 2 rings (SSSR count). The van der Waals surface area contributed by atoms with E-state index in [9.17, 15) is 13.9 Å². The monoisotopic (exact) mass is 264 g/mol. The average molecular weight is 264 g/mol. The van der Waals surface area contributed by atoms with Gasteiger partial charge < -0.3 is 10.8 Å². The Labute approximate surface area is 109 Å². The SMILES string of the molecule is Cc1cnc(N)c(C(O)c2cccc(C(F)F)c2)c1. The first-order valence-corrected chi connectivity index (χ1v) is 5.77. The van der Waals surface area contributed by atoms with Crippen LogP contribution < -0.4 is 5.73 Å². The van der Waals surface area contributed by atoms with Crippen molar-refractivity contribution >= 4 is 5.82 Å². The van der Waals surface area contributed by atoms with Gasteiger partial charge in [-0.25, -0.2) is 13.8 Å². The molecule has 3 N–H and O–H groups in total. The number of pyridine rings is 1. The molecule has 1 unspecified atom stereocenters. The number of halogens is 2. The first-order chi connectivity index (χ1) is 8.99. The maximum atomic E-state index is 12.6. The average Bonchev–Trinajstić information content (AvgIpc) is 2.41. The number of aryl methyl sites for hydroxylation is 1. The standard InChI is InChI=1S/C14H14F2N2O/c1-8-5-11(14(17)18-7-8)12(19)9-3-2-4-10(6-9)13(15)16/h2-7,12-13,19H,1H3,(H2,17,18). The minimum Gasteiger partial charge on any atom is -0.384 e. The highest BCUT2D eigenvalue weighted by atomic mass is 19.3. The Balaban J connectivity index is 2.41. The van der Waals surface area contributed by atoms with Crippen LogP contribution >= 0.6 is 0 Å². The number of aromatic nitrogens is 1. The molecule has 0 saturated carbocycles. The summed E-state index contributed by atoms with van der Waals surface area (Å²) in [6.45, 7) is 1.82. The van der Waals surface area contributed by atoms with E-state index in [4.69, 9.17) is 5.73 Å². The molecule has 1 aromatic carbocycles. The second kappa shape index (κ2) is 5.32. The van der Waals surface area contributed by atoms with Gasteiger partial charge in [-0.3, -0.25) is 0 Å². The van der Waals surface area contributed by atoms with Crippen molar-refractivity contribution < 1.29 is 13.9 Å². The number of alkyl halides is 2.